The number of benzene rings is 2. The van der Waals surface area contributed by atoms with E-state index in [9.17, 15) is 9.59 Å². The minimum Gasteiger partial charge on any atom is -0.324 e. The van der Waals surface area contributed by atoms with Crippen LogP contribution in [-0.4, -0.2) is 32.2 Å². The Kier molecular flexibility index (Phi) is 8.31. The van der Waals surface area contributed by atoms with Crippen LogP contribution >= 0.6 is 50.9 Å². The Morgan fingerprint density at radius 3 is 2.61 bits per heavy atom. The first-order chi connectivity index (χ1) is 14.9. The number of aromatic nitrogens is 3. The van der Waals surface area contributed by atoms with E-state index in [2.05, 4.69) is 38.0 Å². The SMILES string of the molecule is C=CCn1c(CC(=O)Nc2cccc(Cl)c2Cl)nnc1SCC(=O)c1ccc(Br)cc1. The lowest BCUT2D eigenvalue weighted by atomic mass is 10.2. The molecule has 3 aromatic rings. The highest BCUT2D eigenvalue weighted by molar-refractivity contribution is 9.10. The number of allylic oxidation sites excluding steroid dienone is 1. The third-order valence-corrected chi connectivity index (χ3v) is 6.46. The third-order valence-electron chi connectivity index (χ3n) is 4.15. The second-order valence-electron chi connectivity index (χ2n) is 6.34. The summed E-state index contributed by atoms with van der Waals surface area (Å²) in [6.07, 6.45) is 1.66. The number of ketones is 1. The van der Waals surface area contributed by atoms with Gasteiger partial charge >= 0.3 is 0 Å². The maximum absolute atomic E-state index is 12.5. The van der Waals surface area contributed by atoms with E-state index in [1.807, 2.05) is 12.1 Å². The van der Waals surface area contributed by atoms with Crippen molar-refractivity contribution in [3.8, 4) is 0 Å². The molecule has 3 rings (SSSR count). The van der Waals surface area contributed by atoms with E-state index in [1.165, 1.54) is 11.8 Å². The van der Waals surface area contributed by atoms with Crippen molar-refractivity contribution in [2.45, 2.75) is 18.1 Å². The van der Waals surface area contributed by atoms with Crippen LogP contribution in [0.1, 0.15) is 16.2 Å². The summed E-state index contributed by atoms with van der Waals surface area (Å²) < 4.78 is 2.66. The van der Waals surface area contributed by atoms with Crippen molar-refractivity contribution in [1.82, 2.24) is 14.8 Å². The van der Waals surface area contributed by atoms with Crippen LogP contribution in [0.5, 0.6) is 0 Å². The van der Waals surface area contributed by atoms with Crippen molar-refractivity contribution in [3.05, 3.63) is 81.0 Å². The normalized spacial score (nSPS) is 10.7. The molecule has 1 aromatic heterocycles. The number of thioether (sulfide) groups is 1. The van der Waals surface area contributed by atoms with Crippen molar-refractivity contribution < 1.29 is 9.59 Å². The van der Waals surface area contributed by atoms with Crippen molar-refractivity contribution in [2.24, 2.45) is 0 Å². The molecule has 0 unspecified atom stereocenters. The third kappa shape index (κ3) is 6.20. The number of rotatable bonds is 9. The fourth-order valence-electron chi connectivity index (χ4n) is 2.66. The summed E-state index contributed by atoms with van der Waals surface area (Å²) in [6.45, 7) is 4.15. The number of nitrogens with one attached hydrogen (secondary N) is 1. The first-order valence-corrected chi connectivity index (χ1v) is 11.6. The Hall–Kier alpha value is -2.13. The maximum atomic E-state index is 12.5. The number of hydrogen-bond donors (Lipinski definition) is 1. The Labute approximate surface area is 202 Å². The van der Waals surface area contributed by atoms with Crippen LogP contribution in [0.2, 0.25) is 10.0 Å². The number of Topliss-reactive ketones (excluding diaryl/α,β-unsaturated/α-hetero) is 1. The molecule has 2 aromatic carbocycles. The topological polar surface area (TPSA) is 76.9 Å². The average molecular weight is 540 g/mol. The average Bonchev–Trinajstić information content (AvgIpc) is 3.11. The molecule has 31 heavy (non-hydrogen) atoms. The molecule has 1 heterocycles. The molecule has 1 amide bonds. The van der Waals surface area contributed by atoms with E-state index in [0.29, 0.717) is 33.8 Å². The van der Waals surface area contributed by atoms with Gasteiger partial charge in [-0.25, -0.2) is 0 Å². The minimum absolute atomic E-state index is 0.0229. The van der Waals surface area contributed by atoms with Gasteiger partial charge in [-0.05, 0) is 24.3 Å². The van der Waals surface area contributed by atoms with Crippen molar-refractivity contribution in [3.63, 3.8) is 0 Å². The highest BCUT2D eigenvalue weighted by Crippen LogP contribution is 2.29. The molecule has 1 N–H and O–H groups in total. The van der Waals surface area contributed by atoms with Crippen molar-refractivity contribution in [1.29, 1.82) is 0 Å². The van der Waals surface area contributed by atoms with Gasteiger partial charge < -0.3 is 9.88 Å². The maximum Gasteiger partial charge on any atom is 0.232 e. The van der Waals surface area contributed by atoms with E-state index in [-0.39, 0.29) is 28.9 Å². The summed E-state index contributed by atoms with van der Waals surface area (Å²) in [6, 6.07) is 12.2. The highest BCUT2D eigenvalue weighted by atomic mass is 79.9. The van der Waals surface area contributed by atoms with E-state index in [1.54, 1.807) is 41.0 Å². The van der Waals surface area contributed by atoms with Crippen LogP contribution in [0, 0.1) is 0 Å². The zero-order valence-corrected chi connectivity index (χ0v) is 20.1. The number of anilines is 1. The van der Waals surface area contributed by atoms with Crippen LogP contribution in [0.25, 0.3) is 0 Å². The second kappa shape index (κ2) is 10.9. The number of halogens is 3. The molecule has 6 nitrogen and oxygen atoms in total. The first kappa shape index (κ1) is 23.5. The molecule has 0 fully saturated rings. The highest BCUT2D eigenvalue weighted by Gasteiger charge is 2.17. The Morgan fingerprint density at radius 2 is 1.90 bits per heavy atom. The predicted molar refractivity (Wildman–Crippen MR) is 128 cm³/mol. The summed E-state index contributed by atoms with van der Waals surface area (Å²) in [5, 5.41) is 12.2. The van der Waals surface area contributed by atoms with Gasteiger partial charge in [0.1, 0.15) is 5.82 Å². The smallest absolute Gasteiger partial charge is 0.232 e. The number of amides is 1. The van der Waals surface area contributed by atoms with Gasteiger partial charge in [0.15, 0.2) is 10.9 Å². The number of nitrogens with zero attached hydrogens (tertiary/aromatic N) is 3. The number of carbonyl (C=O) groups is 2. The molecule has 0 aliphatic heterocycles. The van der Waals surface area contributed by atoms with Crippen LogP contribution in [-0.2, 0) is 17.8 Å². The van der Waals surface area contributed by atoms with Gasteiger partial charge in [-0.1, -0.05) is 75.2 Å². The van der Waals surface area contributed by atoms with Gasteiger partial charge in [0.2, 0.25) is 5.91 Å². The lowest BCUT2D eigenvalue weighted by molar-refractivity contribution is -0.115. The molecule has 10 heteroatoms. The summed E-state index contributed by atoms with van der Waals surface area (Å²) in [5.41, 5.74) is 1.03. The molecule has 0 aliphatic carbocycles. The Bertz CT molecular complexity index is 1120. The molecule has 0 saturated heterocycles. The van der Waals surface area contributed by atoms with E-state index in [0.717, 1.165) is 4.47 Å². The van der Waals surface area contributed by atoms with E-state index >= 15 is 0 Å². The summed E-state index contributed by atoms with van der Waals surface area (Å²) in [4.78, 5) is 24.9. The molecule has 0 aliphatic rings. The minimum atomic E-state index is -0.315. The molecular formula is C21H17BrCl2N4O2S. The van der Waals surface area contributed by atoms with Gasteiger partial charge in [0.05, 0.1) is 27.9 Å². The summed E-state index contributed by atoms with van der Waals surface area (Å²) in [7, 11) is 0. The molecule has 0 spiro atoms. The Balaban J connectivity index is 1.68. The fraction of sp³-hybridized carbons (Fsp3) is 0.143. The van der Waals surface area contributed by atoms with Gasteiger partial charge in [-0.15, -0.1) is 16.8 Å². The molecule has 0 saturated carbocycles. The second-order valence-corrected chi connectivity index (χ2v) is 8.99. The van der Waals surface area contributed by atoms with E-state index in [4.69, 9.17) is 23.2 Å². The van der Waals surface area contributed by atoms with Gasteiger partial charge in [-0.3, -0.25) is 9.59 Å². The van der Waals surface area contributed by atoms with Crippen LogP contribution in [0.15, 0.2) is 64.7 Å². The van der Waals surface area contributed by atoms with Gasteiger partial charge in [0.25, 0.3) is 0 Å². The molecule has 160 valence electrons. The molecule has 0 radical (unpaired) electrons. The standard InChI is InChI=1S/C21H17BrCl2N4O2S/c1-2-10-28-18(11-19(30)25-16-5-3-4-15(23)20(16)24)26-27-21(28)31-12-17(29)13-6-8-14(22)9-7-13/h2-9H,1,10-12H2,(H,25,30). The van der Waals surface area contributed by atoms with Crippen LogP contribution < -0.4 is 5.32 Å². The summed E-state index contributed by atoms with van der Waals surface area (Å²) in [5.74, 6) is 0.306. The van der Waals surface area contributed by atoms with Crippen LogP contribution in [0.4, 0.5) is 5.69 Å². The van der Waals surface area contributed by atoms with Crippen molar-refractivity contribution >= 4 is 68.3 Å². The molecule has 0 bridgehead atoms. The number of hydrogen-bond acceptors (Lipinski definition) is 5. The van der Waals surface area contributed by atoms with Crippen molar-refractivity contribution in [2.75, 3.05) is 11.1 Å². The quantitative estimate of drug-likeness (QED) is 0.215. The van der Waals surface area contributed by atoms with Gasteiger partial charge in [0, 0.05) is 16.6 Å². The predicted octanol–water partition coefficient (Wildman–Crippen LogP) is 5.69. The molecule has 0 atom stereocenters. The zero-order valence-electron chi connectivity index (χ0n) is 16.1. The lowest BCUT2D eigenvalue weighted by Gasteiger charge is -2.09. The summed E-state index contributed by atoms with van der Waals surface area (Å²) >= 11 is 16.7. The number of carbonyl (C=O) groups excluding carboxylic acids is 2. The first-order valence-electron chi connectivity index (χ1n) is 9.07. The van der Waals surface area contributed by atoms with Gasteiger partial charge in [-0.2, -0.15) is 0 Å². The van der Waals surface area contributed by atoms with Crippen LogP contribution in [0.3, 0.4) is 0 Å². The largest absolute Gasteiger partial charge is 0.324 e. The Morgan fingerprint density at radius 1 is 1.16 bits per heavy atom. The molecular weight excluding hydrogens is 523 g/mol. The monoisotopic (exact) mass is 538 g/mol. The fourth-order valence-corrected chi connectivity index (χ4v) is 4.13. The zero-order chi connectivity index (χ0) is 22.4. The van der Waals surface area contributed by atoms with E-state index < -0.39 is 0 Å². The lowest BCUT2D eigenvalue weighted by Crippen LogP contribution is -2.18.